The average Bonchev–Trinajstić information content (AvgIpc) is 2.13. The molecule has 4 heteroatoms. The van der Waals surface area contributed by atoms with Crippen LogP contribution < -0.4 is 4.68 Å². The second-order valence-electron chi connectivity index (χ2n) is 1.71. The van der Waals surface area contributed by atoms with Crippen molar-refractivity contribution in [3.05, 3.63) is 5.01 Å². The fourth-order valence-corrected chi connectivity index (χ4v) is 1.98. The lowest BCUT2D eigenvalue weighted by Gasteiger charge is -1.72. The quantitative estimate of drug-likeness (QED) is 0.451. The molecule has 1 aromatic heterocycles. The molecule has 0 radical (unpaired) electrons. The molecule has 0 N–H and O–H groups in total. The molecule has 2 nitrogen and oxygen atoms in total. The Bertz CT molecular complexity index is 187. The monoisotopic (exact) mass is 161 g/mol. The minimum atomic E-state index is 1.13. The van der Waals surface area contributed by atoms with E-state index in [4.69, 9.17) is 0 Å². The number of hydrogen-bond acceptors (Lipinski definition) is 3. The van der Waals surface area contributed by atoms with Crippen LogP contribution in [0.4, 0.5) is 0 Å². The van der Waals surface area contributed by atoms with Gasteiger partial charge in [0.05, 0.1) is 0 Å². The summed E-state index contributed by atoms with van der Waals surface area (Å²) in [6.45, 7) is 2.07. The third-order valence-electron chi connectivity index (χ3n) is 1.10. The molecule has 0 aliphatic rings. The van der Waals surface area contributed by atoms with Crippen molar-refractivity contribution >= 4 is 23.1 Å². The molecule has 9 heavy (non-hydrogen) atoms. The highest BCUT2D eigenvalue weighted by molar-refractivity contribution is 8.00. The van der Waals surface area contributed by atoms with Crippen molar-refractivity contribution in [2.24, 2.45) is 7.05 Å². The Morgan fingerprint density at radius 3 is 2.56 bits per heavy atom. The highest BCUT2D eigenvalue weighted by Gasteiger charge is 2.08. The summed E-state index contributed by atoms with van der Waals surface area (Å²) in [5.74, 6) is 0. The van der Waals surface area contributed by atoms with Crippen LogP contribution in [0.3, 0.4) is 0 Å². The lowest BCUT2D eigenvalue weighted by molar-refractivity contribution is -0.733. The minimum absolute atomic E-state index is 1.13. The smallest absolute Gasteiger partial charge is 0.0927 e. The summed E-state index contributed by atoms with van der Waals surface area (Å²) < 4.78 is 3.03. The Hall–Kier alpha value is -0.0900. The van der Waals surface area contributed by atoms with E-state index in [1.807, 2.05) is 18.0 Å². The third-order valence-corrected chi connectivity index (χ3v) is 3.09. The second kappa shape index (κ2) is 2.66. The summed E-state index contributed by atoms with van der Waals surface area (Å²) in [5, 5.41) is 5.48. The van der Waals surface area contributed by atoms with Crippen molar-refractivity contribution in [3.63, 3.8) is 0 Å². The Balaban J connectivity index is 2.98. The van der Waals surface area contributed by atoms with E-state index in [1.165, 1.54) is 5.01 Å². The van der Waals surface area contributed by atoms with Gasteiger partial charge in [0.15, 0.2) is 7.05 Å². The maximum atomic E-state index is 4.23. The van der Waals surface area contributed by atoms with Crippen LogP contribution in [0.15, 0.2) is 4.34 Å². The van der Waals surface area contributed by atoms with Crippen molar-refractivity contribution < 1.29 is 4.68 Å². The Kier molecular flexibility index (Phi) is 2.08. The van der Waals surface area contributed by atoms with E-state index in [9.17, 15) is 0 Å². The van der Waals surface area contributed by atoms with Gasteiger partial charge >= 0.3 is 0 Å². The Labute approximate surface area is 62.9 Å². The normalized spacial score (nSPS) is 10.1. The third kappa shape index (κ3) is 1.43. The topological polar surface area (TPSA) is 16.8 Å². The lowest BCUT2D eigenvalue weighted by atomic mass is 10.8. The summed E-state index contributed by atoms with van der Waals surface area (Å²) in [6, 6.07) is 0. The van der Waals surface area contributed by atoms with Crippen LogP contribution in [-0.4, -0.2) is 11.4 Å². The summed E-state index contributed by atoms with van der Waals surface area (Å²) in [7, 11) is 1.96. The molecule has 0 aliphatic heterocycles. The standard InChI is InChI=1S/C5H9N2S2/c1-4-7(2)6-5(8-3)9-4/h1-3H3/q+1. The number of thioether (sulfide) groups is 1. The summed E-state index contributed by atoms with van der Waals surface area (Å²) in [4.78, 5) is 0. The zero-order chi connectivity index (χ0) is 6.85. The van der Waals surface area contributed by atoms with Gasteiger partial charge in [0.2, 0.25) is 4.34 Å². The number of rotatable bonds is 1. The van der Waals surface area contributed by atoms with E-state index >= 15 is 0 Å². The van der Waals surface area contributed by atoms with Crippen LogP contribution in [0.1, 0.15) is 5.01 Å². The Morgan fingerprint density at radius 2 is 2.33 bits per heavy atom. The molecular weight excluding hydrogens is 152 g/mol. The van der Waals surface area contributed by atoms with E-state index in [2.05, 4.69) is 12.0 Å². The first-order chi connectivity index (χ1) is 4.24. The molecule has 0 aliphatic carbocycles. The van der Waals surface area contributed by atoms with Gasteiger partial charge in [-0.25, -0.2) is 0 Å². The maximum Gasteiger partial charge on any atom is 0.262 e. The molecule has 0 atom stereocenters. The van der Waals surface area contributed by atoms with Gasteiger partial charge in [-0.05, 0) is 17.6 Å². The summed E-state index contributed by atoms with van der Waals surface area (Å²) in [5.41, 5.74) is 0. The van der Waals surface area contributed by atoms with Crippen LogP contribution in [0.5, 0.6) is 0 Å². The fourth-order valence-electron chi connectivity index (χ4n) is 0.488. The lowest BCUT2D eigenvalue weighted by Crippen LogP contribution is -2.32. The predicted octanol–water partition coefficient (Wildman–Crippen LogP) is 0.998. The first kappa shape index (κ1) is 7.02. The van der Waals surface area contributed by atoms with Crippen molar-refractivity contribution in [2.45, 2.75) is 11.3 Å². The predicted molar refractivity (Wildman–Crippen MR) is 39.8 cm³/mol. The van der Waals surface area contributed by atoms with E-state index in [-0.39, 0.29) is 0 Å². The van der Waals surface area contributed by atoms with E-state index in [1.54, 1.807) is 23.1 Å². The molecule has 0 bridgehead atoms. The van der Waals surface area contributed by atoms with E-state index in [0.29, 0.717) is 0 Å². The number of hydrogen-bond donors (Lipinski definition) is 0. The maximum absolute atomic E-state index is 4.23. The van der Waals surface area contributed by atoms with Gasteiger partial charge in [-0.15, -0.1) is 0 Å². The summed E-state index contributed by atoms with van der Waals surface area (Å²) >= 11 is 3.42. The van der Waals surface area contributed by atoms with Gasteiger partial charge in [0.25, 0.3) is 5.01 Å². The molecule has 1 aromatic rings. The van der Waals surface area contributed by atoms with Gasteiger partial charge in [0, 0.05) is 12.0 Å². The zero-order valence-corrected chi connectivity index (χ0v) is 7.34. The molecule has 1 heterocycles. The molecule has 0 aromatic carbocycles. The first-order valence-electron chi connectivity index (χ1n) is 2.62. The van der Waals surface area contributed by atoms with Crippen LogP contribution in [0.25, 0.3) is 0 Å². The zero-order valence-electron chi connectivity index (χ0n) is 5.71. The average molecular weight is 161 g/mol. The van der Waals surface area contributed by atoms with Gasteiger partial charge in [0.1, 0.15) is 0 Å². The van der Waals surface area contributed by atoms with Crippen molar-refractivity contribution in [3.8, 4) is 0 Å². The van der Waals surface area contributed by atoms with Crippen molar-refractivity contribution in [1.82, 2.24) is 5.10 Å². The summed E-state index contributed by atoms with van der Waals surface area (Å²) in [6.07, 6.45) is 2.04. The minimum Gasteiger partial charge on any atom is -0.0927 e. The van der Waals surface area contributed by atoms with Gasteiger partial charge < -0.3 is 0 Å². The molecule has 0 spiro atoms. The molecule has 0 saturated heterocycles. The molecule has 1 rings (SSSR count). The Morgan fingerprint density at radius 1 is 1.67 bits per heavy atom. The van der Waals surface area contributed by atoms with Crippen LogP contribution >= 0.6 is 23.1 Å². The van der Waals surface area contributed by atoms with E-state index in [0.717, 1.165) is 4.34 Å². The van der Waals surface area contributed by atoms with Crippen molar-refractivity contribution in [2.75, 3.05) is 6.26 Å². The van der Waals surface area contributed by atoms with E-state index < -0.39 is 0 Å². The highest BCUT2D eigenvalue weighted by atomic mass is 32.2. The molecule has 0 saturated carbocycles. The van der Waals surface area contributed by atoms with Crippen LogP contribution in [0, 0.1) is 6.92 Å². The SMILES string of the molecule is CSc1n[n+](C)c(C)s1. The van der Waals surface area contributed by atoms with Crippen LogP contribution in [-0.2, 0) is 7.05 Å². The van der Waals surface area contributed by atoms with Crippen LogP contribution in [0.2, 0.25) is 0 Å². The molecule has 0 fully saturated rings. The second-order valence-corrected chi connectivity index (χ2v) is 3.95. The van der Waals surface area contributed by atoms with Gasteiger partial charge in [-0.1, -0.05) is 16.4 Å². The number of aromatic nitrogens is 2. The highest BCUT2D eigenvalue weighted by Crippen LogP contribution is 2.16. The number of aryl methyl sites for hydroxylation is 2. The van der Waals surface area contributed by atoms with Crippen molar-refractivity contribution in [1.29, 1.82) is 0 Å². The first-order valence-corrected chi connectivity index (χ1v) is 4.66. The number of nitrogens with zero attached hydrogens (tertiary/aromatic N) is 2. The van der Waals surface area contributed by atoms with Gasteiger partial charge in [-0.2, -0.15) is 0 Å². The largest absolute Gasteiger partial charge is 0.262 e. The fraction of sp³-hybridized carbons (Fsp3) is 0.600. The molecule has 0 unspecified atom stereocenters. The molecule has 0 amide bonds. The van der Waals surface area contributed by atoms with Gasteiger partial charge in [-0.3, -0.25) is 0 Å². The molecule has 50 valence electrons. The molecular formula is C5H9N2S2+.